The molecule has 27 heavy (non-hydrogen) atoms. The second-order valence-corrected chi connectivity index (χ2v) is 6.25. The maximum atomic E-state index is 14.5. The predicted molar refractivity (Wildman–Crippen MR) is 97.5 cm³/mol. The van der Waals surface area contributed by atoms with E-state index in [1.807, 2.05) is 6.07 Å². The summed E-state index contributed by atoms with van der Waals surface area (Å²) in [6, 6.07) is 12.7. The average molecular weight is 385 g/mol. The summed E-state index contributed by atoms with van der Waals surface area (Å²) in [5.41, 5.74) is -0.331. The van der Waals surface area contributed by atoms with Crippen LogP contribution in [-0.2, 0) is 6.61 Å². The smallest absolute Gasteiger partial charge is 0.270 e. The minimum absolute atomic E-state index is 0.00263. The fraction of sp³-hybridized carbons (Fsp3) is 0.105. The Morgan fingerprint density at radius 2 is 1.89 bits per heavy atom. The number of nitrogens with zero attached hydrogens (tertiary/aromatic N) is 2. The number of nitriles is 1. The van der Waals surface area contributed by atoms with E-state index >= 15 is 0 Å². The normalized spacial score (nSPS) is 10.4. The van der Waals surface area contributed by atoms with Crippen LogP contribution in [0.25, 0.3) is 11.3 Å². The van der Waals surface area contributed by atoms with E-state index in [0.29, 0.717) is 0 Å². The molecule has 1 N–H and O–H groups in total. The molecular weight excluding hydrogens is 372 g/mol. The van der Waals surface area contributed by atoms with E-state index in [4.69, 9.17) is 4.74 Å². The lowest BCUT2D eigenvalue weighted by Crippen LogP contribution is -2.14. The molecule has 0 saturated carbocycles. The topological polar surface area (TPSA) is 78.8 Å². The van der Waals surface area contributed by atoms with Crippen LogP contribution < -0.4 is 10.3 Å². The molecule has 0 amide bonds. The second kappa shape index (κ2) is 8.01. The summed E-state index contributed by atoms with van der Waals surface area (Å²) in [5.74, 6) is -2.42. The number of thioether (sulfide) groups is 1. The minimum Gasteiger partial charge on any atom is -0.483 e. The fourth-order valence-electron chi connectivity index (χ4n) is 2.43. The Kier molecular flexibility index (Phi) is 5.52. The zero-order valence-corrected chi connectivity index (χ0v) is 14.9. The number of aromatic amines is 1. The van der Waals surface area contributed by atoms with Crippen LogP contribution in [0.15, 0.2) is 52.4 Å². The van der Waals surface area contributed by atoms with E-state index in [9.17, 15) is 18.8 Å². The van der Waals surface area contributed by atoms with E-state index in [0.717, 1.165) is 29.5 Å². The van der Waals surface area contributed by atoms with E-state index in [1.165, 1.54) is 0 Å². The molecule has 0 fully saturated rings. The highest BCUT2D eigenvalue weighted by molar-refractivity contribution is 7.98. The highest BCUT2D eigenvalue weighted by atomic mass is 32.2. The molecule has 3 rings (SSSR count). The van der Waals surface area contributed by atoms with Crippen molar-refractivity contribution in [3.05, 3.63) is 75.6 Å². The SMILES string of the molecule is CSc1nc(-c2cc(F)c(OCc3ccccc3)c(F)c2)c(C#N)c(=O)[nH]1. The van der Waals surface area contributed by atoms with Gasteiger partial charge in [-0.1, -0.05) is 42.1 Å². The molecule has 0 saturated heterocycles. The molecule has 0 aliphatic rings. The lowest BCUT2D eigenvalue weighted by Gasteiger charge is -2.11. The molecule has 136 valence electrons. The van der Waals surface area contributed by atoms with Crippen LogP contribution in [0.2, 0.25) is 0 Å². The molecule has 0 atom stereocenters. The van der Waals surface area contributed by atoms with Crippen molar-refractivity contribution in [1.29, 1.82) is 5.26 Å². The van der Waals surface area contributed by atoms with E-state index in [1.54, 1.807) is 36.6 Å². The summed E-state index contributed by atoms with van der Waals surface area (Å²) in [6.07, 6.45) is 1.68. The molecule has 0 bridgehead atoms. The zero-order chi connectivity index (χ0) is 19.4. The number of hydrogen-bond acceptors (Lipinski definition) is 5. The summed E-state index contributed by atoms with van der Waals surface area (Å²) in [4.78, 5) is 18.5. The molecule has 0 spiro atoms. The molecule has 2 aromatic carbocycles. The Balaban J connectivity index is 1.99. The van der Waals surface area contributed by atoms with Gasteiger partial charge in [0.05, 0.1) is 5.69 Å². The first kappa shape index (κ1) is 18.6. The molecule has 0 unspecified atom stereocenters. The van der Waals surface area contributed by atoms with Crippen molar-refractivity contribution in [1.82, 2.24) is 9.97 Å². The molecule has 1 aromatic heterocycles. The summed E-state index contributed by atoms with van der Waals surface area (Å²) in [6.45, 7) is -0.00263. The fourth-order valence-corrected chi connectivity index (χ4v) is 2.80. The van der Waals surface area contributed by atoms with Gasteiger partial charge in [0, 0.05) is 5.56 Å². The Bertz CT molecular complexity index is 1060. The van der Waals surface area contributed by atoms with Crippen LogP contribution in [-0.4, -0.2) is 16.2 Å². The van der Waals surface area contributed by atoms with Gasteiger partial charge < -0.3 is 9.72 Å². The van der Waals surface area contributed by atoms with Crippen molar-refractivity contribution in [3.8, 4) is 23.1 Å². The molecule has 3 aromatic rings. The summed E-state index contributed by atoms with van der Waals surface area (Å²) in [7, 11) is 0. The third-order valence-corrected chi connectivity index (χ3v) is 4.28. The predicted octanol–water partition coefficient (Wildman–Crippen LogP) is 3.89. The Morgan fingerprint density at radius 1 is 1.22 bits per heavy atom. The van der Waals surface area contributed by atoms with Gasteiger partial charge in [-0.05, 0) is 24.0 Å². The molecule has 0 aliphatic heterocycles. The van der Waals surface area contributed by atoms with Gasteiger partial charge in [0.25, 0.3) is 5.56 Å². The molecule has 8 heteroatoms. The van der Waals surface area contributed by atoms with Gasteiger partial charge in [0.15, 0.2) is 22.5 Å². The number of benzene rings is 2. The number of H-pyrrole nitrogens is 1. The van der Waals surface area contributed by atoms with Gasteiger partial charge in [-0.3, -0.25) is 4.79 Å². The van der Waals surface area contributed by atoms with Crippen LogP contribution in [0.3, 0.4) is 0 Å². The third-order valence-electron chi connectivity index (χ3n) is 3.70. The van der Waals surface area contributed by atoms with Gasteiger partial charge in [-0.2, -0.15) is 5.26 Å². The van der Waals surface area contributed by atoms with Crippen molar-refractivity contribution in [2.24, 2.45) is 0 Å². The van der Waals surface area contributed by atoms with Crippen LogP contribution in [0.4, 0.5) is 8.78 Å². The molecule has 0 aliphatic carbocycles. The van der Waals surface area contributed by atoms with Crippen LogP contribution in [0.1, 0.15) is 11.1 Å². The van der Waals surface area contributed by atoms with Crippen molar-refractivity contribution in [3.63, 3.8) is 0 Å². The number of aromatic nitrogens is 2. The van der Waals surface area contributed by atoms with Crippen molar-refractivity contribution in [2.45, 2.75) is 11.8 Å². The number of halogens is 2. The molecule has 1 heterocycles. The Labute approximate surface area is 157 Å². The zero-order valence-electron chi connectivity index (χ0n) is 14.1. The van der Waals surface area contributed by atoms with E-state index in [-0.39, 0.29) is 28.6 Å². The first-order chi connectivity index (χ1) is 13.0. The number of ether oxygens (including phenoxy) is 1. The van der Waals surface area contributed by atoms with E-state index in [2.05, 4.69) is 9.97 Å². The lowest BCUT2D eigenvalue weighted by atomic mass is 10.1. The lowest BCUT2D eigenvalue weighted by molar-refractivity contribution is 0.274. The molecular formula is C19H13F2N3O2S. The van der Waals surface area contributed by atoms with Crippen molar-refractivity contribution < 1.29 is 13.5 Å². The first-order valence-electron chi connectivity index (χ1n) is 7.78. The first-order valence-corrected chi connectivity index (χ1v) is 9.00. The number of nitrogens with one attached hydrogen (secondary N) is 1. The van der Waals surface area contributed by atoms with Crippen molar-refractivity contribution in [2.75, 3.05) is 6.26 Å². The Hall–Kier alpha value is -3.18. The number of hydrogen-bond donors (Lipinski definition) is 1. The second-order valence-electron chi connectivity index (χ2n) is 5.45. The number of rotatable bonds is 5. The molecule has 5 nitrogen and oxygen atoms in total. The van der Waals surface area contributed by atoms with Gasteiger partial charge in [-0.25, -0.2) is 13.8 Å². The van der Waals surface area contributed by atoms with Crippen LogP contribution in [0.5, 0.6) is 5.75 Å². The van der Waals surface area contributed by atoms with Gasteiger partial charge in [-0.15, -0.1) is 0 Å². The van der Waals surface area contributed by atoms with Gasteiger partial charge >= 0.3 is 0 Å². The van der Waals surface area contributed by atoms with Gasteiger partial charge in [0.1, 0.15) is 18.2 Å². The highest BCUT2D eigenvalue weighted by Gasteiger charge is 2.19. The largest absolute Gasteiger partial charge is 0.483 e. The van der Waals surface area contributed by atoms with Crippen molar-refractivity contribution >= 4 is 11.8 Å². The van der Waals surface area contributed by atoms with Crippen LogP contribution >= 0.6 is 11.8 Å². The van der Waals surface area contributed by atoms with Gasteiger partial charge in [0.2, 0.25) is 0 Å². The summed E-state index contributed by atoms with van der Waals surface area (Å²) in [5, 5.41) is 9.43. The maximum Gasteiger partial charge on any atom is 0.270 e. The van der Waals surface area contributed by atoms with Crippen LogP contribution in [0, 0.1) is 23.0 Å². The average Bonchev–Trinajstić information content (AvgIpc) is 2.67. The highest BCUT2D eigenvalue weighted by Crippen LogP contribution is 2.30. The maximum absolute atomic E-state index is 14.5. The summed E-state index contributed by atoms with van der Waals surface area (Å²) < 4.78 is 34.2. The minimum atomic E-state index is -0.947. The molecule has 0 radical (unpaired) electrons. The third kappa shape index (κ3) is 3.99. The standard InChI is InChI=1S/C19H13F2N3O2S/c1-27-19-23-16(13(9-22)18(25)24-19)12-7-14(20)17(15(21)8-12)26-10-11-5-3-2-4-6-11/h2-8H,10H2,1H3,(H,23,24,25). The monoisotopic (exact) mass is 385 g/mol. The summed E-state index contributed by atoms with van der Waals surface area (Å²) >= 11 is 1.14. The quantitative estimate of drug-likeness (QED) is 0.533. The van der Waals surface area contributed by atoms with E-state index < -0.39 is 22.9 Å². The Morgan fingerprint density at radius 3 is 2.48 bits per heavy atom.